The zero-order valence-corrected chi connectivity index (χ0v) is 13.0. The van der Waals surface area contributed by atoms with Crippen molar-refractivity contribution in [2.75, 3.05) is 5.73 Å². The van der Waals surface area contributed by atoms with Crippen molar-refractivity contribution in [3.8, 4) is 11.1 Å². The standard InChI is InChI=1S/C16H18N2O2S/c1-3-10-6-5-7-12(11(10)4-2)15-13(17)8-9-14(21)16(15)18(19)20/h5-9,21H,3-4,17H2,1-2H3. The van der Waals surface area contributed by atoms with E-state index >= 15 is 0 Å². The van der Waals surface area contributed by atoms with Gasteiger partial charge in [-0.15, -0.1) is 12.6 Å². The maximum atomic E-state index is 11.4. The lowest BCUT2D eigenvalue weighted by molar-refractivity contribution is -0.386. The van der Waals surface area contributed by atoms with Crippen LogP contribution in [0.2, 0.25) is 0 Å². The summed E-state index contributed by atoms with van der Waals surface area (Å²) in [5, 5.41) is 11.4. The minimum atomic E-state index is -0.411. The van der Waals surface area contributed by atoms with Crippen LogP contribution in [0.15, 0.2) is 35.2 Å². The van der Waals surface area contributed by atoms with Crippen LogP contribution >= 0.6 is 12.6 Å². The fourth-order valence-corrected chi connectivity index (χ4v) is 2.95. The van der Waals surface area contributed by atoms with E-state index in [1.807, 2.05) is 19.1 Å². The zero-order valence-electron chi connectivity index (χ0n) is 12.1. The van der Waals surface area contributed by atoms with Crippen LogP contribution in [0, 0.1) is 10.1 Å². The molecular formula is C16H18N2O2S. The average Bonchev–Trinajstić information content (AvgIpc) is 2.47. The molecule has 110 valence electrons. The highest BCUT2D eigenvalue weighted by molar-refractivity contribution is 7.80. The van der Waals surface area contributed by atoms with Crippen molar-refractivity contribution in [3.63, 3.8) is 0 Å². The number of rotatable bonds is 4. The Kier molecular flexibility index (Phi) is 4.53. The highest BCUT2D eigenvalue weighted by Gasteiger charge is 2.24. The van der Waals surface area contributed by atoms with Crippen LogP contribution in [-0.4, -0.2) is 4.92 Å². The van der Waals surface area contributed by atoms with Gasteiger partial charge in [-0.3, -0.25) is 10.1 Å². The van der Waals surface area contributed by atoms with Crippen LogP contribution in [0.3, 0.4) is 0 Å². The van der Waals surface area contributed by atoms with Gasteiger partial charge in [0.25, 0.3) is 5.69 Å². The Balaban J connectivity index is 2.85. The third kappa shape index (κ3) is 2.74. The minimum absolute atomic E-state index is 0.0266. The van der Waals surface area contributed by atoms with Crippen molar-refractivity contribution in [1.82, 2.24) is 0 Å². The summed E-state index contributed by atoms with van der Waals surface area (Å²) in [5.74, 6) is 0. The zero-order chi connectivity index (χ0) is 15.6. The maximum absolute atomic E-state index is 11.4. The molecule has 0 aliphatic heterocycles. The van der Waals surface area contributed by atoms with Gasteiger partial charge in [0.1, 0.15) is 0 Å². The van der Waals surface area contributed by atoms with Crippen LogP contribution < -0.4 is 5.73 Å². The summed E-state index contributed by atoms with van der Waals surface area (Å²) in [6.07, 6.45) is 1.68. The maximum Gasteiger partial charge on any atom is 0.292 e. The Labute approximate surface area is 129 Å². The number of aryl methyl sites for hydroxylation is 1. The molecular weight excluding hydrogens is 284 g/mol. The summed E-state index contributed by atoms with van der Waals surface area (Å²) < 4.78 is 0. The molecule has 0 heterocycles. The number of nitrogen functional groups attached to an aromatic ring is 1. The summed E-state index contributed by atoms with van der Waals surface area (Å²) in [6.45, 7) is 4.12. The second-order valence-electron chi connectivity index (χ2n) is 4.80. The van der Waals surface area contributed by atoms with Crippen molar-refractivity contribution in [2.45, 2.75) is 31.6 Å². The lowest BCUT2D eigenvalue weighted by Gasteiger charge is -2.15. The molecule has 0 aliphatic rings. The van der Waals surface area contributed by atoms with Crippen LogP contribution in [0.1, 0.15) is 25.0 Å². The molecule has 2 aromatic rings. The second kappa shape index (κ2) is 6.18. The van der Waals surface area contributed by atoms with Gasteiger partial charge in [-0.05, 0) is 41.7 Å². The normalized spacial score (nSPS) is 10.6. The topological polar surface area (TPSA) is 69.2 Å². The number of hydrogen-bond acceptors (Lipinski definition) is 4. The number of nitrogens with two attached hydrogens (primary N) is 1. The monoisotopic (exact) mass is 302 g/mol. The molecule has 5 heteroatoms. The van der Waals surface area contributed by atoms with E-state index in [1.165, 1.54) is 5.56 Å². The molecule has 0 spiro atoms. The third-order valence-electron chi connectivity index (χ3n) is 3.65. The number of nitro groups is 1. The largest absolute Gasteiger partial charge is 0.398 e. The fourth-order valence-electron chi connectivity index (χ4n) is 2.68. The molecule has 0 saturated carbocycles. The molecule has 0 amide bonds. The number of anilines is 1. The van der Waals surface area contributed by atoms with Crippen LogP contribution in [-0.2, 0) is 12.8 Å². The lowest BCUT2D eigenvalue weighted by Crippen LogP contribution is -2.02. The summed E-state index contributed by atoms with van der Waals surface area (Å²) in [5.41, 5.74) is 10.0. The fraction of sp³-hybridized carbons (Fsp3) is 0.250. The van der Waals surface area contributed by atoms with E-state index in [9.17, 15) is 10.1 Å². The Morgan fingerprint density at radius 2 is 1.90 bits per heavy atom. The molecule has 0 atom stereocenters. The first-order valence-electron chi connectivity index (χ1n) is 6.88. The molecule has 0 aliphatic carbocycles. The summed E-state index contributed by atoms with van der Waals surface area (Å²) in [6, 6.07) is 9.10. The quantitative estimate of drug-likeness (QED) is 0.384. The number of thiol groups is 1. The van der Waals surface area contributed by atoms with Gasteiger partial charge in [0, 0.05) is 5.69 Å². The Hall–Kier alpha value is -2.01. The van der Waals surface area contributed by atoms with E-state index in [2.05, 4.69) is 25.6 Å². The first-order chi connectivity index (χ1) is 10.0. The van der Waals surface area contributed by atoms with Crippen LogP contribution in [0.25, 0.3) is 11.1 Å². The van der Waals surface area contributed by atoms with Gasteiger partial charge in [-0.1, -0.05) is 32.0 Å². The minimum Gasteiger partial charge on any atom is -0.398 e. The Morgan fingerprint density at radius 3 is 2.48 bits per heavy atom. The molecule has 0 bridgehead atoms. The molecule has 4 nitrogen and oxygen atoms in total. The van der Waals surface area contributed by atoms with E-state index in [-0.39, 0.29) is 5.69 Å². The number of nitrogens with zero attached hydrogens (tertiary/aromatic N) is 1. The lowest BCUT2D eigenvalue weighted by atomic mass is 9.91. The van der Waals surface area contributed by atoms with Crippen molar-refractivity contribution >= 4 is 24.0 Å². The molecule has 0 radical (unpaired) electrons. The van der Waals surface area contributed by atoms with Crippen LogP contribution in [0.5, 0.6) is 0 Å². The van der Waals surface area contributed by atoms with Gasteiger partial charge >= 0.3 is 0 Å². The summed E-state index contributed by atoms with van der Waals surface area (Å²) in [7, 11) is 0. The van der Waals surface area contributed by atoms with Crippen molar-refractivity contribution in [2.24, 2.45) is 0 Å². The first kappa shape index (κ1) is 15.4. The van der Waals surface area contributed by atoms with Gasteiger partial charge < -0.3 is 5.73 Å². The van der Waals surface area contributed by atoms with Gasteiger partial charge in [0.15, 0.2) is 0 Å². The molecule has 2 aromatic carbocycles. The Bertz CT molecular complexity index is 699. The molecule has 0 aromatic heterocycles. The number of benzene rings is 2. The van der Waals surface area contributed by atoms with Gasteiger partial charge in [0.2, 0.25) is 0 Å². The van der Waals surface area contributed by atoms with E-state index in [0.717, 1.165) is 24.0 Å². The van der Waals surface area contributed by atoms with Crippen LogP contribution in [0.4, 0.5) is 11.4 Å². The van der Waals surface area contributed by atoms with Gasteiger partial charge in [0.05, 0.1) is 15.4 Å². The SMILES string of the molecule is CCc1cccc(-c2c(N)ccc(S)c2[N+](=O)[O-])c1CC. The molecule has 21 heavy (non-hydrogen) atoms. The van der Waals surface area contributed by atoms with E-state index < -0.39 is 4.92 Å². The molecule has 0 saturated heterocycles. The van der Waals surface area contributed by atoms with E-state index in [4.69, 9.17) is 5.73 Å². The number of nitro benzene ring substituents is 1. The average molecular weight is 302 g/mol. The summed E-state index contributed by atoms with van der Waals surface area (Å²) in [4.78, 5) is 11.3. The smallest absolute Gasteiger partial charge is 0.292 e. The van der Waals surface area contributed by atoms with E-state index in [1.54, 1.807) is 12.1 Å². The predicted molar refractivity (Wildman–Crippen MR) is 89.0 cm³/mol. The molecule has 0 fully saturated rings. The highest BCUT2D eigenvalue weighted by atomic mass is 32.1. The molecule has 2 rings (SSSR count). The van der Waals surface area contributed by atoms with Gasteiger partial charge in [-0.2, -0.15) is 0 Å². The first-order valence-corrected chi connectivity index (χ1v) is 7.32. The number of hydrogen-bond donors (Lipinski definition) is 2. The second-order valence-corrected chi connectivity index (χ2v) is 5.29. The highest BCUT2D eigenvalue weighted by Crippen LogP contribution is 2.41. The summed E-state index contributed by atoms with van der Waals surface area (Å²) >= 11 is 4.22. The molecule has 0 unspecified atom stereocenters. The van der Waals surface area contributed by atoms with Crippen molar-refractivity contribution in [1.29, 1.82) is 0 Å². The van der Waals surface area contributed by atoms with Gasteiger partial charge in [-0.25, -0.2) is 0 Å². The Morgan fingerprint density at radius 1 is 1.19 bits per heavy atom. The predicted octanol–water partition coefficient (Wildman–Crippen LogP) is 4.26. The molecule has 2 N–H and O–H groups in total. The van der Waals surface area contributed by atoms with Crippen molar-refractivity contribution in [3.05, 3.63) is 51.6 Å². The van der Waals surface area contributed by atoms with Crippen molar-refractivity contribution < 1.29 is 4.92 Å². The van der Waals surface area contributed by atoms with E-state index in [0.29, 0.717) is 16.1 Å². The third-order valence-corrected chi connectivity index (χ3v) is 4.01.